The van der Waals surface area contributed by atoms with Crippen molar-refractivity contribution in [1.29, 1.82) is 0 Å². The van der Waals surface area contributed by atoms with Crippen molar-refractivity contribution in [3.8, 4) is 23.0 Å². The summed E-state index contributed by atoms with van der Waals surface area (Å²) in [6, 6.07) is 0.937. The van der Waals surface area contributed by atoms with Gasteiger partial charge in [-0.05, 0) is 59.7 Å². The van der Waals surface area contributed by atoms with Gasteiger partial charge in [0.1, 0.15) is 33.8 Å². The Hall–Kier alpha value is -5.18. The summed E-state index contributed by atoms with van der Waals surface area (Å²) >= 11 is 0. The van der Waals surface area contributed by atoms with Crippen molar-refractivity contribution < 1.29 is 88.5 Å². The third-order valence-electron chi connectivity index (χ3n) is 7.31. The number of nitrogens with two attached hydrogens (primary N) is 2. The Labute approximate surface area is 283 Å². The number of rotatable bonds is 6. The Kier molecular flexibility index (Phi) is 9.99. The lowest BCUT2D eigenvalue weighted by atomic mass is 9.73. The summed E-state index contributed by atoms with van der Waals surface area (Å²) in [6.45, 7) is 0. The Balaban J connectivity index is 1.85. The van der Waals surface area contributed by atoms with Crippen molar-refractivity contribution >= 4 is 11.4 Å². The Morgan fingerprint density at radius 2 is 0.585 bits per heavy atom. The molecule has 0 saturated heterocycles. The monoisotopic (exact) mass is 790 g/mol. The number of hydrogen-bond acceptors (Lipinski definition) is 4. The van der Waals surface area contributed by atoms with Crippen molar-refractivity contribution in [2.45, 2.75) is 42.5 Å². The van der Waals surface area contributed by atoms with Crippen LogP contribution in [0.25, 0.3) is 0 Å². The van der Waals surface area contributed by atoms with Gasteiger partial charge in [-0.1, -0.05) is 24.3 Å². The number of alkyl halides is 18. The molecule has 0 aliphatic heterocycles. The van der Waals surface area contributed by atoms with E-state index in [2.05, 4.69) is 0 Å². The van der Waals surface area contributed by atoms with Gasteiger partial charge in [-0.15, -0.1) is 0 Å². The van der Waals surface area contributed by atoms with Crippen LogP contribution in [0.5, 0.6) is 23.0 Å². The Bertz CT molecular complexity index is 1740. The molecule has 53 heavy (non-hydrogen) atoms. The highest BCUT2D eigenvalue weighted by Crippen LogP contribution is 2.57. The molecule has 0 aliphatic rings. The molecule has 0 radical (unpaired) electrons. The molecule has 4 rings (SSSR count). The van der Waals surface area contributed by atoms with Gasteiger partial charge in [0, 0.05) is 11.4 Å². The average Bonchev–Trinajstić information content (AvgIpc) is 2.97. The van der Waals surface area contributed by atoms with E-state index in [1.807, 2.05) is 0 Å². The zero-order chi connectivity index (χ0) is 40.3. The quantitative estimate of drug-likeness (QED) is 0.151. The Morgan fingerprint density at radius 1 is 0.358 bits per heavy atom. The van der Waals surface area contributed by atoms with E-state index in [9.17, 15) is 79.0 Å². The molecule has 0 heterocycles. The fourth-order valence-electron chi connectivity index (χ4n) is 5.13. The molecule has 0 saturated carbocycles. The molecule has 22 heteroatoms. The maximum atomic E-state index is 14.6. The van der Waals surface area contributed by atoms with Gasteiger partial charge in [0.05, 0.1) is 0 Å². The van der Waals surface area contributed by atoms with E-state index in [1.54, 1.807) is 0 Å². The van der Waals surface area contributed by atoms with Crippen LogP contribution in [0.4, 0.5) is 90.4 Å². The van der Waals surface area contributed by atoms with Crippen LogP contribution in [0.1, 0.15) is 33.4 Å². The maximum absolute atomic E-state index is 14.6. The first-order valence-corrected chi connectivity index (χ1v) is 13.7. The molecule has 288 valence electrons. The second-order valence-electron chi connectivity index (χ2n) is 10.9. The SMILES string of the molecule is Nc1cc(C(F)(F)F)c(Oc2ccc(C(c3ccc(Oc4c(C(F)(F)F)cc(N)cc4C(F)(F)F)cc3)(C(F)(F)F)C(F)(F)F)cc2)c(C(F)(F)F)c1. The van der Waals surface area contributed by atoms with E-state index in [-0.39, 0.29) is 72.8 Å². The summed E-state index contributed by atoms with van der Waals surface area (Å²) in [5.74, 6) is -6.10. The topological polar surface area (TPSA) is 70.5 Å². The standard InChI is InChI=1S/C31H16F18N2O2/c32-26(33,34)19-9-15(50)10-20(27(35,36)37)23(19)52-17-5-1-13(2-6-17)25(30(44,45)46,31(47,48)49)14-3-7-18(8-4-14)53-24-21(28(38,39)40)11-16(51)12-22(24)29(41,42)43/h1-12H,50-51H2. The van der Waals surface area contributed by atoms with Crippen LogP contribution < -0.4 is 20.9 Å². The van der Waals surface area contributed by atoms with Gasteiger partial charge in [0.25, 0.3) is 0 Å². The summed E-state index contributed by atoms with van der Waals surface area (Å²) in [6.07, 6.45) is -35.0. The lowest BCUT2D eigenvalue weighted by molar-refractivity contribution is -0.288. The first-order valence-electron chi connectivity index (χ1n) is 13.7. The summed E-state index contributed by atoms with van der Waals surface area (Å²) in [4.78, 5) is 0. The van der Waals surface area contributed by atoms with E-state index in [0.717, 1.165) is 0 Å². The highest BCUT2D eigenvalue weighted by Gasteiger charge is 2.72. The van der Waals surface area contributed by atoms with Gasteiger partial charge in [-0.2, -0.15) is 79.0 Å². The van der Waals surface area contributed by atoms with E-state index >= 15 is 0 Å². The van der Waals surface area contributed by atoms with Crippen LogP contribution in [-0.2, 0) is 30.1 Å². The van der Waals surface area contributed by atoms with Crippen molar-refractivity contribution in [2.24, 2.45) is 0 Å². The summed E-state index contributed by atoms with van der Waals surface area (Å²) in [5, 5.41) is 0. The molecule has 4 aromatic carbocycles. The van der Waals surface area contributed by atoms with Gasteiger partial charge >= 0.3 is 37.1 Å². The van der Waals surface area contributed by atoms with Gasteiger partial charge in [-0.3, -0.25) is 0 Å². The fourth-order valence-corrected chi connectivity index (χ4v) is 5.13. The molecule has 0 unspecified atom stereocenters. The first kappa shape index (κ1) is 40.6. The van der Waals surface area contributed by atoms with Crippen LogP contribution in [0.2, 0.25) is 0 Å². The van der Waals surface area contributed by atoms with Crippen LogP contribution >= 0.6 is 0 Å². The van der Waals surface area contributed by atoms with Crippen LogP contribution in [0.15, 0.2) is 72.8 Å². The number of benzene rings is 4. The van der Waals surface area contributed by atoms with E-state index in [0.29, 0.717) is 0 Å². The summed E-state index contributed by atoms with van der Waals surface area (Å²) in [5.41, 5.74) is -8.73. The maximum Gasteiger partial charge on any atom is 0.420 e. The number of nitrogen functional groups attached to an aromatic ring is 2. The smallest absolute Gasteiger partial charge is 0.420 e. The first-order chi connectivity index (χ1) is 23.9. The molecule has 4 nitrogen and oxygen atoms in total. The van der Waals surface area contributed by atoms with Crippen LogP contribution in [0, 0.1) is 0 Å². The largest absolute Gasteiger partial charge is 0.456 e. The molecule has 0 aromatic heterocycles. The molecule has 0 amide bonds. The van der Waals surface area contributed by atoms with E-state index < -0.39 is 110 Å². The fraction of sp³-hybridized carbons (Fsp3) is 0.226. The zero-order valence-electron chi connectivity index (χ0n) is 25.2. The third kappa shape index (κ3) is 7.94. The van der Waals surface area contributed by atoms with Gasteiger partial charge in [0.2, 0.25) is 5.41 Å². The Morgan fingerprint density at radius 3 is 0.774 bits per heavy atom. The number of ether oxygens (including phenoxy) is 2. The normalized spacial score (nSPS) is 13.6. The lowest BCUT2D eigenvalue weighted by Crippen LogP contribution is -2.54. The molecular formula is C31H16F18N2O2. The minimum atomic E-state index is -6.37. The predicted octanol–water partition coefficient (Wildman–Crippen LogP) is 11.9. The molecule has 4 N–H and O–H groups in total. The molecule has 0 bridgehead atoms. The minimum absolute atomic E-state index is 0.0120. The van der Waals surface area contributed by atoms with Crippen molar-refractivity contribution in [3.05, 3.63) is 106 Å². The van der Waals surface area contributed by atoms with E-state index in [1.165, 1.54) is 0 Å². The molecular weight excluding hydrogens is 774 g/mol. The van der Waals surface area contributed by atoms with Crippen molar-refractivity contribution in [1.82, 2.24) is 0 Å². The molecule has 0 aliphatic carbocycles. The minimum Gasteiger partial charge on any atom is -0.456 e. The van der Waals surface area contributed by atoms with Gasteiger partial charge < -0.3 is 20.9 Å². The van der Waals surface area contributed by atoms with Crippen molar-refractivity contribution in [3.63, 3.8) is 0 Å². The third-order valence-corrected chi connectivity index (χ3v) is 7.31. The molecule has 0 fully saturated rings. The van der Waals surface area contributed by atoms with Gasteiger partial charge in [0.15, 0.2) is 11.5 Å². The average molecular weight is 790 g/mol. The lowest BCUT2D eigenvalue weighted by Gasteiger charge is -2.38. The highest BCUT2D eigenvalue weighted by atomic mass is 19.4. The highest BCUT2D eigenvalue weighted by molar-refractivity contribution is 5.58. The van der Waals surface area contributed by atoms with Crippen molar-refractivity contribution in [2.75, 3.05) is 11.5 Å². The van der Waals surface area contributed by atoms with E-state index in [4.69, 9.17) is 20.9 Å². The second-order valence-corrected chi connectivity index (χ2v) is 10.9. The van der Waals surface area contributed by atoms with Crippen LogP contribution in [-0.4, -0.2) is 12.4 Å². The molecule has 0 atom stereocenters. The molecule has 0 spiro atoms. The number of hydrogen-bond donors (Lipinski definition) is 2. The number of halogens is 18. The molecule has 4 aromatic rings. The summed E-state index contributed by atoms with van der Waals surface area (Å²) in [7, 11) is 0. The number of anilines is 2. The zero-order valence-corrected chi connectivity index (χ0v) is 25.2. The summed E-state index contributed by atoms with van der Waals surface area (Å²) < 4.78 is 261. The van der Waals surface area contributed by atoms with Crippen LogP contribution in [0.3, 0.4) is 0 Å². The predicted molar refractivity (Wildman–Crippen MR) is 148 cm³/mol. The van der Waals surface area contributed by atoms with Gasteiger partial charge in [-0.25, -0.2) is 0 Å². The second kappa shape index (κ2) is 13.0.